The van der Waals surface area contributed by atoms with Gasteiger partial charge >= 0.3 is 0 Å². The number of ether oxygens (including phenoxy) is 1. The van der Waals surface area contributed by atoms with E-state index in [2.05, 4.69) is 5.32 Å². The van der Waals surface area contributed by atoms with Crippen molar-refractivity contribution >= 4 is 40.4 Å². The van der Waals surface area contributed by atoms with Crippen LogP contribution in [0.1, 0.15) is 12.5 Å². The number of hydrogen-bond donors (Lipinski definition) is 2. The van der Waals surface area contributed by atoms with Gasteiger partial charge in [-0.3, -0.25) is 4.79 Å². The molecule has 7 heteroatoms. The summed E-state index contributed by atoms with van der Waals surface area (Å²) in [6, 6.07) is 5.00. The van der Waals surface area contributed by atoms with Gasteiger partial charge in [0.25, 0.3) is 0 Å². The van der Waals surface area contributed by atoms with Gasteiger partial charge in [0.15, 0.2) is 0 Å². The third kappa shape index (κ3) is 3.64. The first-order chi connectivity index (χ1) is 10.0. The Labute approximate surface area is 134 Å². The monoisotopic (exact) mass is 327 g/mol. The van der Waals surface area contributed by atoms with E-state index in [0.717, 1.165) is 5.69 Å². The molecule has 0 aliphatic carbocycles. The number of morpholine rings is 1. The SMILES string of the molecule is CCNC(=O)C1COCCN1c1ccc(C(N)=S)cc1Cl. The summed E-state index contributed by atoms with van der Waals surface area (Å²) in [6.45, 7) is 3.98. The van der Waals surface area contributed by atoms with E-state index in [0.29, 0.717) is 41.9 Å². The minimum atomic E-state index is -0.383. The Bertz CT molecular complexity index is 553. The van der Waals surface area contributed by atoms with Crippen LogP contribution in [-0.2, 0) is 9.53 Å². The van der Waals surface area contributed by atoms with E-state index in [-0.39, 0.29) is 11.9 Å². The predicted octanol–water partition coefficient (Wildman–Crippen LogP) is 1.32. The van der Waals surface area contributed by atoms with Gasteiger partial charge in [0.2, 0.25) is 5.91 Å². The summed E-state index contributed by atoms with van der Waals surface area (Å²) in [5.41, 5.74) is 7.10. The van der Waals surface area contributed by atoms with Gasteiger partial charge < -0.3 is 20.7 Å². The molecule has 1 unspecified atom stereocenters. The largest absolute Gasteiger partial charge is 0.389 e. The fraction of sp³-hybridized carbons (Fsp3) is 0.429. The predicted molar refractivity (Wildman–Crippen MR) is 88.0 cm³/mol. The zero-order valence-electron chi connectivity index (χ0n) is 11.8. The number of thiocarbonyl (C=S) groups is 1. The maximum absolute atomic E-state index is 12.2. The molecule has 1 saturated heterocycles. The van der Waals surface area contributed by atoms with Gasteiger partial charge in [-0.05, 0) is 25.1 Å². The topological polar surface area (TPSA) is 67.6 Å². The minimum absolute atomic E-state index is 0.0633. The molecule has 1 fully saturated rings. The Morgan fingerprint density at radius 1 is 1.62 bits per heavy atom. The van der Waals surface area contributed by atoms with Crippen molar-refractivity contribution in [2.45, 2.75) is 13.0 Å². The second kappa shape index (κ2) is 7.06. The molecule has 0 aromatic heterocycles. The molecule has 1 atom stereocenters. The molecule has 1 heterocycles. The van der Waals surface area contributed by atoms with Crippen LogP contribution in [0, 0.1) is 0 Å². The number of halogens is 1. The zero-order valence-corrected chi connectivity index (χ0v) is 13.3. The summed E-state index contributed by atoms with van der Waals surface area (Å²) in [5.74, 6) is -0.0633. The number of hydrogen-bond acceptors (Lipinski definition) is 4. The lowest BCUT2D eigenvalue weighted by atomic mass is 10.1. The first-order valence-corrected chi connectivity index (χ1v) is 7.54. The molecule has 2 rings (SSSR count). The van der Waals surface area contributed by atoms with E-state index >= 15 is 0 Å². The molecule has 1 aliphatic heterocycles. The minimum Gasteiger partial charge on any atom is -0.389 e. The lowest BCUT2D eigenvalue weighted by molar-refractivity contribution is -0.124. The number of amides is 1. The third-order valence-corrected chi connectivity index (χ3v) is 3.86. The molecule has 1 aromatic carbocycles. The summed E-state index contributed by atoms with van der Waals surface area (Å²) < 4.78 is 5.42. The molecule has 5 nitrogen and oxygen atoms in total. The van der Waals surface area contributed by atoms with Gasteiger partial charge in [-0.25, -0.2) is 0 Å². The first-order valence-electron chi connectivity index (χ1n) is 6.76. The van der Waals surface area contributed by atoms with Crippen LogP contribution in [0.25, 0.3) is 0 Å². The Balaban J connectivity index is 2.29. The highest BCUT2D eigenvalue weighted by molar-refractivity contribution is 7.80. The Morgan fingerprint density at radius 3 is 3.00 bits per heavy atom. The van der Waals surface area contributed by atoms with E-state index in [1.807, 2.05) is 24.0 Å². The van der Waals surface area contributed by atoms with Gasteiger partial charge in [0, 0.05) is 18.7 Å². The molecule has 3 N–H and O–H groups in total. The van der Waals surface area contributed by atoms with Crippen LogP contribution in [0.2, 0.25) is 5.02 Å². The summed E-state index contributed by atoms with van der Waals surface area (Å²) in [6.07, 6.45) is 0. The van der Waals surface area contributed by atoms with Crippen molar-refractivity contribution in [3.63, 3.8) is 0 Å². The molecule has 1 amide bonds. The van der Waals surface area contributed by atoms with E-state index in [4.69, 9.17) is 34.3 Å². The Hall–Kier alpha value is -1.37. The van der Waals surface area contributed by atoms with Crippen LogP contribution >= 0.6 is 23.8 Å². The lowest BCUT2D eigenvalue weighted by Crippen LogP contribution is -2.54. The lowest BCUT2D eigenvalue weighted by Gasteiger charge is -2.36. The first kappa shape index (κ1) is 16.0. The van der Waals surface area contributed by atoms with Crippen molar-refractivity contribution in [3.8, 4) is 0 Å². The van der Waals surface area contributed by atoms with Crippen molar-refractivity contribution < 1.29 is 9.53 Å². The van der Waals surface area contributed by atoms with Crippen molar-refractivity contribution in [1.29, 1.82) is 0 Å². The molecule has 0 bridgehead atoms. The summed E-state index contributed by atoms with van der Waals surface area (Å²) in [5, 5.41) is 3.34. The molecule has 114 valence electrons. The van der Waals surface area contributed by atoms with E-state index in [9.17, 15) is 4.79 Å². The number of nitrogens with zero attached hydrogens (tertiary/aromatic N) is 1. The van der Waals surface area contributed by atoms with Gasteiger partial charge in [-0.1, -0.05) is 23.8 Å². The van der Waals surface area contributed by atoms with E-state index in [1.165, 1.54) is 0 Å². The van der Waals surface area contributed by atoms with Crippen molar-refractivity contribution in [2.75, 3.05) is 31.2 Å². The molecule has 0 spiro atoms. The number of likely N-dealkylation sites (N-methyl/N-ethyl adjacent to an activating group) is 1. The Kier molecular flexibility index (Phi) is 5.39. The smallest absolute Gasteiger partial charge is 0.245 e. The summed E-state index contributed by atoms with van der Waals surface area (Å²) in [7, 11) is 0. The molecular weight excluding hydrogens is 310 g/mol. The number of carbonyl (C=O) groups is 1. The van der Waals surface area contributed by atoms with Gasteiger partial charge in [0.1, 0.15) is 11.0 Å². The van der Waals surface area contributed by atoms with Crippen molar-refractivity contribution in [1.82, 2.24) is 5.32 Å². The van der Waals surface area contributed by atoms with Crippen LogP contribution in [0.15, 0.2) is 18.2 Å². The summed E-state index contributed by atoms with van der Waals surface area (Å²) >= 11 is 11.3. The number of carbonyl (C=O) groups excluding carboxylic acids is 1. The maximum Gasteiger partial charge on any atom is 0.245 e. The normalized spacial score (nSPS) is 18.4. The molecule has 1 aliphatic rings. The van der Waals surface area contributed by atoms with Crippen LogP contribution in [0.5, 0.6) is 0 Å². The van der Waals surface area contributed by atoms with Crippen LogP contribution in [0.4, 0.5) is 5.69 Å². The highest BCUT2D eigenvalue weighted by Gasteiger charge is 2.30. The number of anilines is 1. The zero-order chi connectivity index (χ0) is 15.4. The average Bonchev–Trinajstić information content (AvgIpc) is 2.47. The van der Waals surface area contributed by atoms with Crippen LogP contribution in [0.3, 0.4) is 0 Å². The number of nitrogens with one attached hydrogen (secondary N) is 1. The second-order valence-electron chi connectivity index (χ2n) is 4.71. The molecule has 1 aromatic rings. The maximum atomic E-state index is 12.2. The fourth-order valence-corrected chi connectivity index (χ4v) is 2.71. The highest BCUT2D eigenvalue weighted by atomic mass is 35.5. The van der Waals surface area contributed by atoms with Crippen molar-refractivity contribution in [2.24, 2.45) is 5.73 Å². The van der Waals surface area contributed by atoms with E-state index < -0.39 is 0 Å². The number of nitrogens with two attached hydrogens (primary N) is 1. The Morgan fingerprint density at radius 2 is 2.38 bits per heavy atom. The second-order valence-corrected chi connectivity index (χ2v) is 5.56. The average molecular weight is 328 g/mol. The van der Waals surface area contributed by atoms with Gasteiger partial charge in [0.05, 0.1) is 23.9 Å². The fourth-order valence-electron chi connectivity index (χ4n) is 2.29. The van der Waals surface area contributed by atoms with E-state index in [1.54, 1.807) is 6.07 Å². The van der Waals surface area contributed by atoms with Gasteiger partial charge in [-0.15, -0.1) is 0 Å². The molecule has 0 radical (unpaired) electrons. The quantitative estimate of drug-likeness (QED) is 0.816. The molecule has 0 saturated carbocycles. The standard InChI is InChI=1S/C14H18ClN3O2S/c1-2-17-14(19)12-8-20-6-5-18(12)11-4-3-9(13(16)21)7-10(11)15/h3-4,7,12H,2,5-6,8H2,1H3,(H2,16,21)(H,17,19). The van der Waals surface area contributed by atoms with Gasteiger partial charge in [-0.2, -0.15) is 0 Å². The molecular formula is C14H18ClN3O2S. The van der Waals surface area contributed by atoms with Crippen LogP contribution < -0.4 is 16.0 Å². The summed E-state index contributed by atoms with van der Waals surface area (Å²) in [4.78, 5) is 14.4. The number of rotatable bonds is 4. The van der Waals surface area contributed by atoms with Crippen molar-refractivity contribution in [3.05, 3.63) is 28.8 Å². The highest BCUT2D eigenvalue weighted by Crippen LogP contribution is 2.29. The number of benzene rings is 1. The van der Waals surface area contributed by atoms with Crippen LogP contribution in [-0.4, -0.2) is 43.2 Å². The third-order valence-electron chi connectivity index (χ3n) is 3.32. The molecule has 21 heavy (non-hydrogen) atoms.